The van der Waals surface area contributed by atoms with Gasteiger partial charge in [0.05, 0.1) is 6.10 Å². The van der Waals surface area contributed by atoms with E-state index >= 15 is 0 Å². The van der Waals surface area contributed by atoms with E-state index in [-0.39, 0.29) is 22.5 Å². The van der Waals surface area contributed by atoms with Crippen molar-refractivity contribution < 1.29 is 14.9 Å². The first-order valence-electron chi connectivity index (χ1n) is 13.0. The van der Waals surface area contributed by atoms with E-state index in [9.17, 15) is 5.11 Å². The summed E-state index contributed by atoms with van der Waals surface area (Å²) >= 11 is 0. The van der Waals surface area contributed by atoms with Crippen LogP contribution in [0.15, 0.2) is 24.3 Å². The molecular formula is C28H44O3. The number of hydrogen-bond donors (Lipinski definition) is 1. The van der Waals surface area contributed by atoms with Crippen molar-refractivity contribution in [2.75, 3.05) is 0 Å². The third-order valence-corrected chi connectivity index (χ3v) is 11.1. The molecule has 2 aliphatic heterocycles. The van der Waals surface area contributed by atoms with Crippen molar-refractivity contribution in [3.05, 3.63) is 24.3 Å². The van der Waals surface area contributed by atoms with Gasteiger partial charge in [0, 0.05) is 23.7 Å². The smallest absolute Gasteiger partial charge is 0.130 e. The minimum absolute atomic E-state index is 0.0663. The van der Waals surface area contributed by atoms with E-state index < -0.39 is 5.60 Å². The molecule has 0 amide bonds. The third kappa shape index (κ3) is 2.88. The molecule has 10 atom stereocenters. The van der Waals surface area contributed by atoms with Crippen LogP contribution >= 0.6 is 0 Å². The highest BCUT2D eigenvalue weighted by Gasteiger charge is 2.74. The maximum atomic E-state index is 10.4. The van der Waals surface area contributed by atoms with Crippen LogP contribution in [-0.4, -0.2) is 22.4 Å². The number of fused-ring (bicyclic) bond motifs is 2. The van der Waals surface area contributed by atoms with Gasteiger partial charge in [-0.1, -0.05) is 59.8 Å². The fourth-order valence-corrected chi connectivity index (χ4v) is 8.71. The molecule has 1 N–H and O–H groups in total. The zero-order chi connectivity index (χ0) is 22.2. The van der Waals surface area contributed by atoms with Gasteiger partial charge in [-0.15, -0.1) is 0 Å². The number of aliphatic hydroxyl groups excluding tert-OH is 1. The van der Waals surface area contributed by atoms with Gasteiger partial charge in [-0.25, -0.2) is 9.78 Å². The van der Waals surface area contributed by atoms with E-state index in [2.05, 4.69) is 65.8 Å². The molecule has 0 aromatic carbocycles. The molecule has 0 aromatic rings. The summed E-state index contributed by atoms with van der Waals surface area (Å²) in [7, 11) is 0. The SMILES string of the molecule is CC(C)[C@@H](C)C=C[C@@H](C)[C@H]1CC[C@@H]2[C@]1(C)CC[C@H]1[C@]23C=C[C@]2(C[C@@H](O)CC[C@]12C)OO3. The quantitative estimate of drug-likeness (QED) is 0.412. The Balaban J connectivity index is 1.45. The Bertz CT molecular complexity index is 772. The van der Waals surface area contributed by atoms with Gasteiger partial charge < -0.3 is 5.11 Å². The van der Waals surface area contributed by atoms with Crippen LogP contribution in [0, 0.1) is 46.3 Å². The molecule has 4 fully saturated rings. The van der Waals surface area contributed by atoms with Gasteiger partial charge >= 0.3 is 0 Å². The van der Waals surface area contributed by atoms with Crippen molar-refractivity contribution in [2.24, 2.45) is 46.3 Å². The first-order chi connectivity index (χ1) is 14.6. The summed E-state index contributed by atoms with van der Waals surface area (Å²) in [6, 6.07) is 0. The molecule has 3 saturated carbocycles. The summed E-state index contributed by atoms with van der Waals surface area (Å²) in [4.78, 5) is 12.8. The molecule has 3 heteroatoms. The Hall–Kier alpha value is -0.640. The molecule has 6 aliphatic rings. The molecule has 31 heavy (non-hydrogen) atoms. The Labute approximate surface area is 189 Å². The predicted molar refractivity (Wildman–Crippen MR) is 124 cm³/mol. The highest BCUT2D eigenvalue weighted by atomic mass is 17.2. The minimum atomic E-state index is -0.439. The fourth-order valence-electron chi connectivity index (χ4n) is 8.71. The number of rotatable bonds is 4. The van der Waals surface area contributed by atoms with Gasteiger partial charge in [0.2, 0.25) is 0 Å². The Morgan fingerprint density at radius 3 is 2.35 bits per heavy atom. The molecule has 0 aromatic heterocycles. The standard InChI is InChI=1S/C28H44O3/c1-18(2)19(3)7-8-20(4)22-9-10-23-25(22,5)13-12-24-26(6)14-11-21(29)17-27(26)15-16-28(23,24)31-30-27/h7-8,15-16,18-24,29H,9-14,17H2,1-6H3/t19-,20+,21-,22+,23+,24+,25+,26+,27+,28-/m0/s1. The average Bonchev–Trinajstić information content (AvgIpc) is 3.09. The summed E-state index contributed by atoms with van der Waals surface area (Å²) < 4.78 is 0. The predicted octanol–water partition coefficient (Wildman–Crippen LogP) is 6.47. The van der Waals surface area contributed by atoms with Crippen molar-refractivity contribution in [1.82, 2.24) is 0 Å². The maximum Gasteiger partial charge on any atom is 0.130 e. The lowest BCUT2D eigenvalue weighted by Crippen LogP contribution is -2.73. The second-order valence-electron chi connectivity index (χ2n) is 12.7. The molecule has 2 bridgehead atoms. The zero-order valence-electron chi connectivity index (χ0n) is 20.6. The molecule has 1 saturated heterocycles. The molecule has 2 spiro atoms. The molecule has 174 valence electrons. The average molecular weight is 429 g/mol. The monoisotopic (exact) mass is 428 g/mol. The zero-order valence-corrected chi connectivity index (χ0v) is 20.6. The molecule has 0 radical (unpaired) electrons. The maximum absolute atomic E-state index is 10.4. The van der Waals surface area contributed by atoms with Gasteiger partial charge in [-0.05, 0) is 73.7 Å². The van der Waals surface area contributed by atoms with Crippen molar-refractivity contribution in [1.29, 1.82) is 0 Å². The van der Waals surface area contributed by atoms with Crippen LogP contribution in [-0.2, 0) is 9.78 Å². The molecule has 2 heterocycles. The normalized spacial score (nSPS) is 52.8. The minimum Gasteiger partial charge on any atom is -0.393 e. The molecule has 0 unspecified atom stereocenters. The van der Waals surface area contributed by atoms with E-state index in [0.717, 1.165) is 12.8 Å². The first kappa shape index (κ1) is 22.2. The van der Waals surface area contributed by atoms with Gasteiger partial charge in [0.15, 0.2) is 0 Å². The Kier molecular flexibility index (Phi) is 5.13. The van der Waals surface area contributed by atoms with E-state index in [0.29, 0.717) is 41.9 Å². The van der Waals surface area contributed by atoms with Crippen LogP contribution in [0.5, 0.6) is 0 Å². The number of allylic oxidation sites excluding steroid dienone is 2. The Morgan fingerprint density at radius 2 is 1.68 bits per heavy atom. The number of aliphatic hydroxyl groups is 1. The fraction of sp³-hybridized carbons (Fsp3) is 0.857. The van der Waals surface area contributed by atoms with Crippen molar-refractivity contribution in [3.63, 3.8) is 0 Å². The highest BCUT2D eigenvalue weighted by molar-refractivity contribution is 5.33. The lowest BCUT2D eigenvalue weighted by atomic mass is 9.43. The number of hydrogen-bond acceptors (Lipinski definition) is 3. The summed E-state index contributed by atoms with van der Waals surface area (Å²) in [5, 5.41) is 10.4. The Morgan fingerprint density at radius 1 is 0.903 bits per heavy atom. The van der Waals surface area contributed by atoms with Crippen LogP contribution in [0.2, 0.25) is 0 Å². The van der Waals surface area contributed by atoms with Crippen LogP contribution in [0.3, 0.4) is 0 Å². The van der Waals surface area contributed by atoms with Gasteiger partial charge in [0.1, 0.15) is 11.2 Å². The highest BCUT2D eigenvalue weighted by Crippen LogP contribution is 2.72. The molecular weight excluding hydrogens is 384 g/mol. The lowest BCUT2D eigenvalue weighted by molar-refractivity contribution is -0.497. The summed E-state index contributed by atoms with van der Waals surface area (Å²) in [5.41, 5.74) is -0.366. The van der Waals surface area contributed by atoms with Crippen LogP contribution < -0.4 is 0 Å². The van der Waals surface area contributed by atoms with E-state index in [4.69, 9.17) is 9.78 Å². The lowest BCUT2D eigenvalue weighted by Gasteiger charge is -2.69. The van der Waals surface area contributed by atoms with E-state index in [1.54, 1.807) is 0 Å². The summed E-state index contributed by atoms with van der Waals surface area (Å²) in [5.74, 6) is 3.64. The van der Waals surface area contributed by atoms with E-state index in [1.165, 1.54) is 25.7 Å². The van der Waals surface area contributed by atoms with Gasteiger partial charge in [-0.3, -0.25) is 0 Å². The molecule has 6 rings (SSSR count). The second-order valence-corrected chi connectivity index (χ2v) is 12.7. The van der Waals surface area contributed by atoms with Crippen LogP contribution in [0.1, 0.15) is 86.5 Å². The van der Waals surface area contributed by atoms with Crippen LogP contribution in [0.25, 0.3) is 0 Å². The van der Waals surface area contributed by atoms with Gasteiger partial charge in [0.25, 0.3) is 0 Å². The van der Waals surface area contributed by atoms with Crippen molar-refractivity contribution in [2.45, 2.75) is 104 Å². The first-order valence-corrected chi connectivity index (χ1v) is 13.0. The van der Waals surface area contributed by atoms with E-state index in [1.807, 2.05) is 0 Å². The van der Waals surface area contributed by atoms with Gasteiger partial charge in [-0.2, -0.15) is 0 Å². The summed E-state index contributed by atoms with van der Waals surface area (Å²) in [6.07, 6.45) is 17.0. The van der Waals surface area contributed by atoms with Crippen LogP contribution in [0.4, 0.5) is 0 Å². The third-order valence-electron chi connectivity index (χ3n) is 11.1. The summed E-state index contributed by atoms with van der Waals surface area (Å²) in [6.45, 7) is 14.4. The van der Waals surface area contributed by atoms with Crippen molar-refractivity contribution >= 4 is 0 Å². The molecule has 4 aliphatic carbocycles. The largest absolute Gasteiger partial charge is 0.393 e. The molecule has 3 nitrogen and oxygen atoms in total. The van der Waals surface area contributed by atoms with Crippen molar-refractivity contribution in [3.8, 4) is 0 Å². The topological polar surface area (TPSA) is 38.7 Å². The second kappa shape index (κ2) is 7.18.